The highest BCUT2D eigenvalue weighted by Gasteiger charge is 2.16. The van der Waals surface area contributed by atoms with E-state index in [1.165, 1.54) is 0 Å². The highest BCUT2D eigenvalue weighted by atomic mass is 16.1. The molecule has 0 aromatic heterocycles. The summed E-state index contributed by atoms with van der Waals surface area (Å²) in [6, 6.07) is 5.16. The molecule has 4 nitrogen and oxygen atoms in total. The average molecular weight is 235 g/mol. The quantitative estimate of drug-likeness (QED) is 0.785. The molecule has 1 rings (SSSR count). The monoisotopic (exact) mass is 235 g/mol. The molecule has 0 bridgehead atoms. The number of carbonyl (C=O) groups is 1. The van der Waals surface area contributed by atoms with Gasteiger partial charge >= 0.3 is 0 Å². The number of hydrogen-bond donors (Lipinski definition) is 2. The van der Waals surface area contributed by atoms with Gasteiger partial charge in [-0.05, 0) is 23.6 Å². The Hall–Kier alpha value is -1.71. The lowest BCUT2D eigenvalue weighted by Gasteiger charge is -2.29. The minimum Gasteiger partial charge on any atom is -0.397 e. The number of amides is 1. The number of nitrogen functional groups attached to an aromatic ring is 1. The first-order chi connectivity index (χ1) is 7.70. The molecule has 0 aliphatic heterocycles. The number of benzene rings is 1. The summed E-state index contributed by atoms with van der Waals surface area (Å²) in [6.07, 6.45) is 0. The van der Waals surface area contributed by atoms with Crippen molar-refractivity contribution in [3.8, 4) is 0 Å². The lowest BCUT2D eigenvalue weighted by Crippen LogP contribution is -2.29. The topological polar surface area (TPSA) is 72.3 Å². The van der Waals surface area contributed by atoms with E-state index in [2.05, 4.69) is 25.7 Å². The van der Waals surface area contributed by atoms with Crippen LogP contribution in [0, 0.1) is 5.41 Å². The fourth-order valence-electron chi connectivity index (χ4n) is 1.85. The van der Waals surface area contributed by atoms with Gasteiger partial charge in [0.25, 0.3) is 0 Å². The minimum absolute atomic E-state index is 0.184. The first-order valence-corrected chi connectivity index (χ1v) is 5.61. The predicted molar refractivity (Wildman–Crippen MR) is 72.1 cm³/mol. The van der Waals surface area contributed by atoms with Crippen LogP contribution in [0.15, 0.2) is 18.2 Å². The lowest BCUT2D eigenvalue weighted by molar-refractivity contribution is 0.100. The van der Waals surface area contributed by atoms with Crippen molar-refractivity contribution >= 4 is 17.3 Å². The molecule has 0 unspecified atom stereocenters. The molecule has 94 valence electrons. The van der Waals surface area contributed by atoms with Crippen molar-refractivity contribution in [3.05, 3.63) is 23.8 Å². The van der Waals surface area contributed by atoms with Crippen LogP contribution in [-0.2, 0) is 0 Å². The van der Waals surface area contributed by atoms with Crippen molar-refractivity contribution in [1.29, 1.82) is 0 Å². The predicted octanol–water partition coefficient (Wildman–Crippen LogP) is 1.85. The van der Waals surface area contributed by atoms with Crippen LogP contribution in [-0.4, -0.2) is 19.5 Å². The number of nitrogens with zero attached hydrogens (tertiary/aromatic N) is 1. The SMILES string of the molecule is CN(CC(C)(C)C)c1ccc(C(N)=O)cc1N. The van der Waals surface area contributed by atoms with Crippen LogP contribution >= 0.6 is 0 Å². The van der Waals surface area contributed by atoms with Crippen LogP contribution in [0.2, 0.25) is 0 Å². The standard InChI is InChI=1S/C13H21N3O/c1-13(2,3)8-16(4)11-6-5-9(12(15)17)7-10(11)14/h5-7H,8,14H2,1-4H3,(H2,15,17). The fourth-order valence-corrected chi connectivity index (χ4v) is 1.85. The summed E-state index contributed by atoms with van der Waals surface area (Å²) in [7, 11) is 1.99. The van der Waals surface area contributed by atoms with Crippen molar-refractivity contribution in [3.63, 3.8) is 0 Å². The molecule has 0 heterocycles. The number of hydrogen-bond acceptors (Lipinski definition) is 3. The van der Waals surface area contributed by atoms with Crippen molar-refractivity contribution in [2.45, 2.75) is 20.8 Å². The van der Waals surface area contributed by atoms with Crippen molar-refractivity contribution < 1.29 is 4.79 Å². The van der Waals surface area contributed by atoms with Gasteiger partial charge < -0.3 is 16.4 Å². The van der Waals surface area contributed by atoms with Crippen molar-refractivity contribution in [2.75, 3.05) is 24.2 Å². The molecule has 0 aliphatic carbocycles. The van der Waals surface area contributed by atoms with Gasteiger partial charge in [0.05, 0.1) is 11.4 Å². The lowest BCUT2D eigenvalue weighted by atomic mass is 9.96. The van der Waals surface area contributed by atoms with Crippen molar-refractivity contribution in [2.24, 2.45) is 11.1 Å². The number of rotatable bonds is 3. The van der Waals surface area contributed by atoms with E-state index in [1.54, 1.807) is 12.1 Å². The van der Waals surface area contributed by atoms with E-state index in [1.807, 2.05) is 13.1 Å². The summed E-state index contributed by atoms with van der Waals surface area (Å²) in [4.78, 5) is 13.1. The van der Waals surface area contributed by atoms with Crippen LogP contribution in [0.4, 0.5) is 11.4 Å². The Bertz CT molecular complexity index is 421. The first kappa shape index (κ1) is 13.4. The van der Waals surface area contributed by atoms with E-state index < -0.39 is 5.91 Å². The average Bonchev–Trinajstić information content (AvgIpc) is 2.14. The molecule has 17 heavy (non-hydrogen) atoms. The summed E-state index contributed by atoms with van der Waals surface area (Å²) in [5.41, 5.74) is 13.3. The van der Waals surface area contributed by atoms with Gasteiger partial charge in [-0.2, -0.15) is 0 Å². The van der Waals surface area contributed by atoms with Crippen LogP contribution in [0.3, 0.4) is 0 Å². The van der Waals surface area contributed by atoms with Gasteiger partial charge in [-0.1, -0.05) is 20.8 Å². The van der Waals surface area contributed by atoms with Crippen LogP contribution in [0.5, 0.6) is 0 Å². The second-order valence-electron chi connectivity index (χ2n) is 5.55. The maximum atomic E-state index is 11.0. The zero-order valence-electron chi connectivity index (χ0n) is 10.9. The molecule has 0 saturated heterocycles. The van der Waals surface area contributed by atoms with Crippen LogP contribution in [0.1, 0.15) is 31.1 Å². The van der Waals surface area contributed by atoms with Crippen molar-refractivity contribution in [1.82, 2.24) is 0 Å². The highest BCUT2D eigenvalue weighted by Crippen LogP contribution is 2.26. The summed E-state index contributed by atoms with van der Waals surface area (Å²) in [5, 5.41) is 0. The Morgan fingerprint density at radius 1 is 1.35 bits per heavy atom. The second kappa shape index (κ2) is 4.65. The third-order valence-electron chi connectivity index (χ3n) is 2.43. The second-order valence-corrected chi connectivity index (χ2v) is 5.55. The molecule has 1 amide bonds. The Morgan fingerprint density at radius 3 is 2.35 bits per heavy atom. The summed E-state index contributed by atoms with van der Waals surface area (Å²) in [6.45, 7) is 7.37. The van der Waals surface area contributed by atoms with E-state index in [4.69, 9.17) is 11.5 Å². The van der Waals surface area contributed by atoms with Gasteiger partial charge in [-0.25, -0.2) is 0 Å². The Morgan fingerprint density at radius 2 is 1.94 bits per heavy atom. The Labute approximate surface area is 103 Å². The number of primary amides is 1. The molecular weight excluding hydrogens is 214 g/mol. The molecule has 0 radical (unpaired) electrons. The molecule has 0 aliphatic rings. The highest BCUT2D eigenvalue weighted by molar-refractivity contribution is 5.94. The Balaban J connectivity index is 2.96. The summed E-state index contributed by atoms with van der Waals surface area (Å²) >= 11 is 0. The molecular formula is C13H21N3O. The van der Waals surface area contributed by atoms with Gasteiger partial charge in [0.1, 0.15) is 0 Å². The molecule has 0 atom stereocenters. The maximum absolute atomic E-state index is 11.0. The number of carbonyl (C=O) groups excluding carboxylic acids is 1. The molecule has 0 saturated carbocycles. The molecule has 4 N–H and O–H groups in total. The van der Waals surface area contributed by atoms with Crippen LogP contribution in [0.25, 0.3) is 0 Å². The van der Waals surface area contributed by atoms with Gasteiger partial charge in [0, 0.05) is 19.2 Å². The van der Waals surface area contributed by atoms with E-state index in [0.29, 0.717) is 11.3 Å². The largest absolute Gasteiger partial charge is 0.397 e. The zero-order chi connectivity index (χ0) is 13.2. The molecule has 1 aromatic carbocycles. The molecule has 0 fully saturated rings. The molecule has 0 spiro atoms. The molecule has 4 heteroatoms. The maximum Gasteiger partial charge on any atom is 0.248 e. The zero-order valence-corrected chi connectivity index (χ0v) is 10.9. The van der Waals surface area contributed by atoms with Crippen LogP contribution < -0.4 is 16.4 Å². The first-order valence-electron chi connectivity index (χ1n) is 5.61. The molecule has 1 aromatic rings. The third-order valence-corrected chi connectivity index (χ3v) is 2.43. The smallest absolute Gasteiger partial charge is 0.248 e. The van der Waals surface area contributed by atoms with E-state index in [0.717, 1.165) is 12.2 Å². The number of anilines is 2. The number of nitrogens with two attached hydrogens (primary N) is 2. The van der Waals surface area contributed by atoms with Gasteiger partial charge in [0.2, 0.25) is 5.91 Å². The van der Waals surface area contributed by atoms with Gasteiger partial charge in [-0.3, -0.25) is 4.79 Å². The summed E-state index contributed by atoms with van der Waals surface area (Å²) < 4.78 is 0. The van der Waals surface area contributed by atoms with Gasteiger partial charge in [-0.15, -0.1) is 0 Å². The third kappa shape index (κ3) is 3.66. The summed E-state index contributed by atoms with van der Waals surface area (Å²) in [5.74, 6) is -0.457. The van der Waals surface area contributed by atoms with E-state index >= 15 is 0 Å². The minimum atomic E-state index is -0.457. The van der Waals surface area contributed by atoms with Gasteiger partial charge in [0.15, 0.2) is 0 Å². The van der Waals surface area contributed by atoms with E-state index in [-0.39, 0.29) is 5.41 Å². The fraction of sp³-hybridized carbons (Fsp3) is 0.462. The Kier molecular flexibility index (Phi) is 3.66. The normalized spacial score (nSPS) is 11.3. The van der Waals surface area contributed by atoms with E-state index in [9.17, 15) is 4.79 Å².